The maximum atomic E-state index is 14.6. The van der Waals surface area contributed by atoms with E-state index in [-0.39, 0.29) is 17.5 Å². The Morgan fingerprint density at radius 2 is 1.31 bits per heavy atom. The van der Waals surface area contributed by atoms with Crippen LogP contribution in [0.5, 0.6) is 11.5 Å². The van der Waals surface area contributed by atoms with Crippen molar-refractivity contribution in [2.45, 2.75) is 65.6 Å². The highest BCUT2D eigenvalue weighted by atomic mass is 16.5. The molecule has 6 rings (SSSR count). The van der Waals surface area contributed by atoms with E-state index in [1.807, 2.05) is 24.3 Å². The first-order chi connectivity index (χ1) is 21.6. The van der Waals surface area contributed by atoms with Gasteiger partial charge in [0.25, 0.3) is 11.8 Å². The third kappa shape index (κ3) is 4.87. The average molecular weight is 607 g/mol. The number of hydrogen-bond donors (Lipinski definition) is 0. The minimum Gasteiger partial charge on any atom is -0.493 e. The summed E-state index contributed by atoms with van der Waals surface area (Å²) in [6.07, 6.45) is -0.351. The molecule has 2 aliphatic heterocycles. The maximum absolute atomic E-state index is 14.6. The molecule has 0 saturated heterocycles. The predicted octanol–water partition coefficient (Wildman–Crippen LogP) is 6.18. The topological polar surface area (TPSA) is 95.1 Å². The highest BCUT2D eigenvalue weighted by Gasteiger charge is 2.40. The average Bonchev–Trinajstić information content (AvgIpc) is 3.29. The summed E-state index contributed by atoms with van der Waals surface area (Å²) in [6, 6.07) is 18.6. The van der Waals surface area contributed by atoms with Crippen LogP contribution in [0.3, 0.4) is 0 Å². The summed E-state index contributed by atoms with van der Waals surface area (Å²) in [7, 11) is 3.18. The number of para-hydroxylation sites is 1. The minimum absolute atomic E-state index is 0.167. The third-order valence-electron chi connectivity index (χ3n) is 8.87. The molecule has 9 heteroatoms. The molecular formula is C36H38N4O5. The van der Waals surface area contributed by atoms with Crippen molar-refractivity contribution in [1.29, 1.82) is 0 Å². The Hall–Kier alpha value is -4.92. The van der Waals surface area contributed by atoms with Gasteiger partial charge in [-0.05, 0) is 66.1 Å². The molecule has 3 heterocycles. The molecule has 4 aromatic rings. The molecule has 2 aliphatic rings. The number of nitrogens with zero attached hydrogens (tertiary/aromatic N) is 4. The van der Waals surface area contributed by atoms with Crippen LogP contribution in [0.25, 0.3) is 11.3 Å². The van der Waals surface area contributed by atoms with Crippen molar-refractivity contribution >= 4 is 17.5 Å². The van der Waals surface area contributed by atoms with Crippen molar-refractivity contribution in [3.63, 3.8) is 0 Å². The number of hydrogen-bond acceptors (Lipinski definition) is 6. The smallest absolute Gasteiger partial charge is 0.331 e. The quantitative estimate of drug-likeness (QED) is 0.234. The molecule has 1 atom stereocenters. The Balaban J connectivity index is 1.66. The third-order valence-corrected chi connectivity index (χ3v) is 8.87. The summed E-state index contributed by atoms with van der Waals surface area (Å²) in [5, 5.41) is 0. The van der Waals surface area contributed by atoms with Gasteiger partial charge in [-0.3, -0.25) is 23.6 Å². The predicted molar refractivity (Wildman–Crippen MR) is 172 cm³/mol. The second kappa shape index (κ2) is 11.5. The van der Waals surface area contributed by atoms with Crippen LogP contribution in [-0.2, 0) is 13.0 Å². The van der Waals surface area contributed by atoms with E-state index in [9.17, 15) is 14.4 Å². The van der Waals surface area contributed by atoms with Crippen molar-refractivity contribution in [1.82, 2.24) is 14.0 Å². The van der Waals surface area contributed by atoms with Gasteiger partial charge in [0.2, 0.25) is 0 Å². The molecule has 0 radical (unpaired) electrons. The number of ether oxygens (including phenoxy) is 2. The molecule has 3 aromatic carbocycles. The molecular weight excluding hydrogens is 568 g/mol. The molecule has 232 valence electrons. The molecule has 0 aliphatic carbocycles. The fraction of sp³-hybridized carbons (Fsp3) is 0.333. The number of aryl methyl sites for hydroxylation is 1. The van der Waals surface area contributed by atoms with E-state index in [1.54, 1.807) is 50.0 Å². The van der Waals surface area contributed by atoms with E-state index in [2.05, 4.69) is 39.8 Å². The fourth-order valence-electron chi connectivity index (χ4n) is 6.49. The Labute approximate surface area is 262 Å². The Morgan fingerprint density at radius 3 is 1.87 bits per heavy atom. The second-order valence-electron chi connectivity index (χ2n) is 12.2. The molecule has 0 spiro atoms. The zero-order valence-electron chi connectivity index (χ0n) is 26.7. The number of carbonyl (C=O) groups excluding carboxylic acids is 2. The van der Waals surface area contributed by atoms with Gasteiger partial charge in [0.05, 0.1) is 36.7 Å². The highest BCUT2D eigenvalue weighted by molar-refractivity contribution is 6.21. The summed E-state index contributed by atoms with van der Waals surface area (Å²) in [5.74, 6) is 0.641. The van der Waals surface area contributed by atoms with E-state index in [0.717, 1.165) is 27.9 Å². The van der Waals surface area contributed by atoms with Crippen LogP contribution in [0.2, 0.25) is 0 Å². The van der Waals surface area contributed by atoms with Crippen molar-refractivity contribution in [3.05, 3.63) is 104 Å². The number of rotatable bonds is 7. The van der Waals surface area contributed by atoms with Gasteiger partial charge in [0, 0.05) is 18.2 Å². The van der Waals surface area contributed by atoms with E-state index >= 15 is 0 Å². The number of carbonyl (C=O) groups is 2. The van der Waals surface area contributed by atoms with Gasteiger partial charge in [0.15, 0.2) is 11.5 Å². The first-order valence-electron chi connectivity index (χ1n) is 15.3. The summed E-state index contributed by atoms with van der Waals surface area (Å²) < 4.78 is 14.4. The molecule has 2 amide bonds. The molecule has 0 saturated carbocycles. The van der Waals surface area contributed by atoms with Crippen LogP contribution in [0.15, 0.2) is 70.5 Å². The molecule has 1 unspecified atom stereocenters. The van der Waals surface area contributed by atoms with Crippen LogP contribution in [0.1, 0.15) is 90.0 Å². The van der Waals surface area contributed by atoms with E-state index < -0.39 is 18.0 Å². The molecule has 9 nitrogen and oxygen atoms in total. The van der Waals surface area contributed by atoms with Gasteiger partial charge >= 0.3 is 5.69 Å². The van der Waals surface area contributed by atoms with Crippen molar-refractivity contribution in [3.8, 4) is 22.8 Å². The van der Waals surface area contributed by atoms with Gasteiger partial charge in [0.1, 0.15) is 11.7 Å². The number of methoxy groups -OCH3 is 2. The van der Waals surface area contributed by atoms with Crippen LogP contribution >= 0.6 is 0 Å². The van der Waals surface area contributed by atoms with Crippen molar-refractivity contribution in [2.75, 3.05) is 14.2 Å². The Morgan fingerprint density at radius 1 is 0.733 bits per heavy atom. The first-order valence-corrected chi connectivity index (χ1v) is 15.3. The number of aromatic nitrogens is 2. The second-order valence-corrected chi connectivity index (χ2v) is 12.2. The van der Waals surface area contributed by atoms with Gasteiger partial charge in [-0.25, -0.2) is 9.79 Å². The Kier molecular flexibility index (Phi) is 7.72. The lowest BCUT2D eigenvalue weighted by molar-refractivity contribution is 0.0523. The molecule has 1 aromatic heterocycles. The summed E-state index contributed by atoms with van der Waals surface area (Å²) in [4.78, 5) is 48.2. The summed E-state index contributed by atoms with van der Waals surface area (Å²) in [5.41, 5.74) is 6.08. The minimum atomic E-state index is -0.943. The van der Waals surface area contributed by atoms with Crippen LogP contribution < -0.4 is 20.7 Å². The van der Waals surface area contributed by atoms with Crippen LogP contribution in [0, 0.1) is 0 Å². The first kappa shape index (κ1) is 30.1. The van der Waals surface area contributed by atoms with Crippen molar-refractivity contribution < 1.29 is 19.1 Å². The fourth-order valence-corrected chi connectivity index (χ4v) is 6.49. The van der Waals surface area contributed by atoms with Gasteiger partial charge in [-0.2, -0.15) is 0 Å². The zero-order chi connectivity index (χ0) is 32.2. The number of imide groups is 1. The van der Waals surface area contributed by atoms with E-state index in [1.165, 1.54) is 9.47 Å². The standard InChI is InChI=1S/C36H38N4O5/c1-20(2)24-13-10-14-25(21(3)4)33(24)37-32-19-29-28-18-31(45-7)30(44-6)17-23(28)15-16-38(29)36(43)39(32)22(5)40-34(41)26-11-8-9-12-27(26)35(40)42/h8-14,17-22H,15-16H2,1-7H3. The summed E-state index contributed by atoms with van der Waals surface area (Å²) in [6.45, 7) is 10.6. The van der Waals surface area contributed by atoms with E-state index in [0.29, 0.717) is 46.8 Å². The van der Waals surface area contributed by atoms with Gasteiger partial charge < -0.3 is 9.47 Å². The van der Waals surface area contributed by atoms with E-state index in [4.69, 9.17) is 14.5 Å². The lowest BCUT2D eigenvalue weighted by Crippen LogP contribution is -2.49. The highest BCUT2D eigenvalue weighted by Crippen LogP contribution is 2.38. The van der Waals surface area contributed by atoms with Crippen LogP contribution in [-0.4, -0.2) is 40.1 Å². The zero-order valence-corrected chi connectivity index (χ0v) is 26.7. The normalized spacial score (nSPS) is 15.0. The number of amides is 2. The largest absolute Gasteiger partial charge is 0.493 e. The summed E-state index contributed by atoms with van der Waals surface area (Å²) >= 11 is 0. The molecule has 0 bridgehead atoms. The molecule has 45 heavy (non-hydrogen) atoms. The van der Waals surface area contributed by atoms with Gasteiger partial charge in [-0.15, -0.1) is 0 Å². The monoisotopic (exact) mass is 606 g/mol. The van der Waals surface area contributed by atoms with Crippen LogP contribution in [0.4, 0.5) is 5.69 Å². The molecule has 0 fully saturated rings. The lowest BCUT2D eigenvalue weighted by Gasteiger charge is -2.29. The maximum Gasteiger partial charge on any atom is 0.331 e. The SMILES string of the molecule is COc1cc2c(cc1OC)-c1cc(=Nc3c(C(C)C)cccc3C(C)C)n(C(C)N3C(=O)c4ccccc4C3=O)c(=O)n1CC2. The number of benzene rings is 3. The Bertz CT molecular complexity index is 1920. The van der Waals surface area contributed by atoms with Crippen molar-refractivity contribution in [2.24, 2.45) is 4.99 Å². The molecule has 0 N–H and O–H groups in total. The lowest BCUT2D eigenvalue weighted by atomic mass is 9.93. The van der Waals surface area contributed by atoms with Gasteiger partial charge in [-0.1, -0.05) is 58.0 Å². The number of fused-ring (bicyclic) bond motifs is 4.